The van der Waals surface area contributed by atoms with E-state index in [1.807, 2.05) is 164 Å². The fourth-order valence-corrected chi connectivity index (χ4v) is 13.0. The molecular formula is C89H63N3O6. The van der Waals surface area contributed by atoms with Crippen LogP contribution in [0.15, 0.2) is 364 Å². The zero-order valence-electron chi connectivity index (χ0n) is 53.4. The van der Waals surface area contributed by atoms with Crippen molar-refractivity contribution in [2.75, 3.05) is 14.7 Å². The van der Waals surface area contributed by atoms with Crippen LogP contribution in [0, 0.1) is 0 Å². The summed E-state index contributed by atoms with van der Waals surface area (Å²) in [5, 5.41) is 6.67. The number of rotatable bonds is 18. The van der Waals surface area contributed by atoms with Gasteiger partial charge in [0.1, 0.15) is 17.2 Å². The number of carbonyl (C=O) groups excluding carboxylic acids is 3. The number of benzene rings is 15. The number of nitrogens with zero attached hydrogens (tertiary/aromatic N) is 3. The highest BCUT2D eigenvalue weighted by Crippen LogP contribution is 2.44. The van der Waals surface area contributed by atoms with Gasteiger partial charge in [0.25, 0.3) is 0 Å². The van der Waals surface area contributed by atoms with Crippen molar-refractivity contribution >= 4 is 101 Å². The molecule has 0 unspecified atom stereocenters. The van der Waals surface area contributed by atoms with E-state index in [2.05, 4.69) is 149 Å². The highest BCUT2D eigenvalue weighted by atomic mass is 16.5. The molecule has 0 atom stereocenters. The highest BCUT2D eigenvalue weighted by Gasteiger charge is 2.32. The molecule has 0 spiro atoms. The predicted molar refractivity (Wildman–Crippen MR) is 396 cm³/mol. The second kappa shape index (κ2) is 27.1. The van der Waals surface area contributed by atoms with Crippen molar-refractivity contribution in [1.29, 1.82) is 0 Å². The standard InChI is InChI=1S/C89H63N3O6/c1-89(68-44-56-77(57-45-68)96-86(93)65-38-50-74(51-39-65)90(71-26-5-2-6-27-71)83-35-17-23-62-20-11-14-32-80(62)83,69-46-58-78(59-47-69)97-87(94)66-40-52-75(53-41-66)91(72-28-7-3-8-29-72)84-36-18-24-63-21-12-15-33-81(63)84)70-48-60-79(61-49-70)98-88(95)67-42-54-76(55-43-67)92(73-30-9-4-10-31-73)85-37-19-25-64-22-13-16-34-82(64)85/h2-61H,1H3. The third-order valence-corrected chi connectivity index (χ3v) is 18.1. The summed E-state index contributed by atoms with van der Waals surface area (Å²) in [7, 11) is 0. The number of esters is 3. The molecule has 0 saturated heterocycles. The fourth-order valence-electron chi connectivity index (χ4n) is 13.0. The lowest BCUT2D eigenvalue weighted by atomic mass is 9.71. The minimum atomic E-state index is -0.854. The molecule has 0 bridgehead atoms. The maximum Gasteiger partial charge on any atom is 0.343 e. The zero-order valence-corrected chi connectivity index (χ0v) is 53.4. The third-order valence-electron chi connectivity index (χ3n) is 18.1. The molecule has 9 heteroatoms. The van der Waals surface area contributed by atoms with Gasteiger partial charge in [-0.2, -0.15) is 0 Å². The van der Waals surface area contributed by atoms with E-state index in [1.165, 1.54) is 0 Å². The van der Waals surface area contributed by atoms with Gasteiger partial charge in [0.05, 0.1) is 33.8 Å². The number of para-hydroxylation sites is 3. The van der Waals surface area contributed by atoms with E-state index in [4.69, 9.17) is 14.2 Å². The quantitative estimate of drug-likeness (QED) is 0.0473. The average Bonchev–Trinajstić information content (AvgIpc) is 0.768. The van der Waals surface area contributed by atoms with Gasteiger partial charge in [-0.1, -0.05) is 200 Å². The number of hydrogen-bond acceptors (Lipinski definition) is 9. The predicted octanol–water partition coefficient (Wildman–Crippen LogP) is 22.6. The molecule has 15 aromatic carbocycles. The maximum absolute atomic E-state index is 14.0. The molecule has 0 aliphatic heterocycles. The molecule has 0 aromatic heterocycles. The molecular weight excluding hydrogens is 1210 g/mol. The zero-order chi connectivity index (χ0) is 66.4. The van der Waals surface area contributed by atoms with Gasteiger partial charge in [-0.05, 0) is 204 Å². The summed E-state index contributed by atoms with van der Waals surface area (Å²) >= 11 is 0. The van der Waals surface area contributed by atoms with Gasteiger partial charge < -0.3 is 28.9 Å². The largest absolute Gasteiger partial charge is 0.423 e. The second-order valence-electron chi connectivity index (χ2n) is 24.0. The molecule has 9 nitrogen and oxygen atoms in total. The van der Waals surface area contributed by atoms with Crippen molar-refractivity contribution in [2.45, 2.75) is 12.3 Å². The van der Waals surface area contributed by atoms with E-state index in [0.29, 0.717) is 33.9 Å². The van der Waals surface area contributed by atoms with E-state index >= 15 is 0 Å². The summed E-state index contributed by atoms with van der Waals surface area (Å²) in [6, 6.07) is 119. The first-order valence-electron chi connectivity index (χ1n) is 32.5. The normalized spacial score (nSPS) is 11.2. The van der Waals surface area contributed by atoms with Gasteiger partial charge in [-0.3, -0.25) is 0 Å². The van der Waals surface area contributed by atoms with Crippen LogP contribution in [0.5, 0.6) is 17.2 Å². The minimum absolute atomic E-state index is 0.361. The lowest BCUT2D eigenvalue weighted by Crippen LogP contribution is -2.25. The molecule has 470 valence electrons. The Kier molecular flexibility index (Phi) is 16.9. The van der Waals surface area contributed by atoms with Crippen LogP contribution in [0.2, 0.25) is 0 Å². The molecule has 0 heterocycles. The van der Waals surface area contributed by atoms with Gasteiger partial charge in [0.2, 0.25) is 0 Å². The highest BCUT2D eigenvalue weighted by molar-refractivity contribution is 6.02. The minimum Gasteiger partial charge on any atom is -0.423 e. The van der Waals surface area contributed by atoms with Gasteiger partial charge in [0, 0.05) is 55.7 Å². The number of carbonyl (C=O) groups is 3. The summed E-state index contributed by atoms with van der Waals surface area (Å²) in [6.07, 6.45) is 0. The number of ether oxygens (including phenoxy) is 3. The summed E-state index contributed by atoms with van der Waals surface area (Å²) in [4.78, 5) is 48.6. The average molecular weight is 1270 g/mol. The molecule has 98 heavy (non-hydrogen) atoms. The van der Waals surface area contributed by atoms with Crippen LogP contribution in [0.1, 0.15) is 54.7 Å². The summed E-state index contributed by atoms with van der Waals surface area (Å²) in [5.74, 6) is -0.428. The summed E-state index contributed by atoms with van der Waals surface area (Å²) < 4.78 is 18.2. The Morgan fingerprint density at radius 3 is 0.724 bits per heavy atom. The molecule has 15 aromatic rings. The monoisotopic (exact) mass is 1270 g/mol. The number of anilines is 9. The van der Waals surface area contributed by atoms with Crippen LogP contribution in [-0.4, -0.2) is 17.9 Å². The molecule has 0 amide bonds. The van der Waals surface area contributed by atoms with Crippen LogP contribution in [0.25, 0.3) is 32.3 Å². The Hall–Kier alpha value is -13.1. The first-order valence-corrected chi connectivity index (χ1v) is 32.5. The first-order chi connectivity index (χ1) is 48.2. The lowest BCUT2D eigenvalue weighted by Gasteiger charge is -2.32. The topological polar surface area (TPSA) is 88.6 Å². The molecule has 0 fully saturated rings. The van der Waals surface area contributed by atoms with Crippen molar-refractivity contribution in [2.24, 2.45) is 0 Å². The number of hydrogen-bond donors (Lipinski definition) is 0. The van der Waals surface area contributed by atoms with Crippen molar-refractivity contribution in [3.8, 4) is 17.2 Å². The van der Waals surface area contributed by atoms with Crippen LogP contribution in [0.4, 0.5) is 51.2 Å². The summed E-state index contributed by atoms with van der Waals surface area (Å²) in [5.41, 5.74) is 11.6. The Bertz CT molecular complexity index is 4790. The molecule has 15 rings (SSSR count). The molecule has 0 N–H and O–H groups in total. The Labute approximate surface area is 568 Å². The molecule has 0 aliphatic rings. The fraction of sp³-hybridized carbons (Fsp3) is 0.0225. The van der Waals surface area contributed by atoms with E-state index in [-0.39, 0.29) is 0 Å². The van der Waals surface area contributed by atoms with E-state index < -0.39 is 23.3 Å². The van der Waals surface area contributed by atoms with Gasteiger partial charge in [-0.25, -0.2) is 14.4 Å². The third kappa shape index (κ3) is 12.4. The number of fused-ring (bicyclic) bond motifs is 3. The van der Waals surface area contributed by atoms with Crippen LogP contribution in [0.3, 0.4) is 0 Å². The molecule has 0 aliphatic carbocycles. The second-order valence-corrected chi connectivity index (χ2v) is 24.0. The van der Waals surface area contributed by atoms with E-state index in [9.17, 15) is 14.4 Å². The van der Waals surface area contributed by atoms with Crippen molar-refractivity contribution < 1.29 is 28.6 Å². The van der Waals surface area contributed by atoms with Gasteiger partial charge >= 0.3 is 17.9 Å². The maximum atomic E-state index is 14.0. The van der Waals surface area contributed by atoms with E-state index in [0.717, 1.165) is 100 Å². The molecule has 0 saturated carbocycles. The van der Waals surface area contributed by atoms with Gasteiger partial charge in [0.15, 0.2) is 0 Å². The Balaban J connectivity index is 0.692. The van der Waals surface area contributed by atoms with Gasteiger partial charge in [-0.15, -0.1) is 0 Å². The SMILES string of the molecule is CC(c1ccc(OC(=O)c2ccc(N(c3ccccc3)c3cccc4ccccc34)cc2)cc1)(c1ccc(OC(=O)c2ccc(N(c3ccccc3)c3cccc4ccccc34)cc2)cc1)c1ccc(OC(=O)c2ccc(N(c3ccccc3)c3cccc4ccccc34)cc2)cc1. The van der Waals surface area contributed by atoms with Crippen LogP contribution < -0.4 is 28.9 Å². The van der Waals surface area contributed by atoms with Crippen LogP contribution >= 0.6 is 0 Å². The Morgan fingerprint density at radius 1 is 0.235 bits per heavy atom. The van der Waals surface area contributed by atoms with E-state index in [1.54, 1.807) is 72.8 Å². The van der Waals surface area contributed by atoms with Crippen LogP contribution in [-0.2, 0) is 5.41 Å². The van der Waals surface area contributed by atoms with Crippen molar-refractivity contribution in [3.63, 3.8) is 0 Å². The molecule has 0 radical (unpaired) electrons. The summed E-state index contributed by atoms with van der Waals surface area (Å²) in [6.45, 7) is 2.10. The van der Waals surface area contributed by atoms with Crippen molar-refractivity contribution in [1.82, 2.24) is 0 Å². The lowest BCUT2D eigenvalue weighted by molar-refractivity contribution is 0.0725. The van der Waals surface area contributed by atoms with Crippen molar-refractivity contribution in [3.05, 3.63) is 397 Å². The smallest absolute Gasteiger partial charge is 0.343 e. The Morgan fingerprint density at radius 2 is 0.459 bits per heavy atom. The first kappa shape index (κ1) is 61.1.